The van der Waals surface area contributed by atoms with Gasteiger partial charge in [-0.25, -0.2) is 19.2 Å². The molecule has 12 heteroatoms. The first kappa shape index (κ1) is 24.1. The van der Waals surface area contributed by atoms with Crippen molar-refractivity contribution in [3.05, 3.63) is 36.2 Å². The van der Waals surface area contributed by atoms with Gasteiger partial charge < -0.3 is 14.8 Å². The van der Waals surface area contributed by atoms with Gasteiger partial charge in [-0.1, -0.05) is 6.07 Å². The monoisotopic (exact) mass is 515 g/mol. The lowest BCUT2D eigenvalue weighted by atomic mass is 9.93. The standard InChI is InChI=1S/C25H28F3N7O2/c1-36-16-8-6-7-15(13-16)30-24-29-14-17(25(26,27)28)21(31-24)22-20-18-9-2-4-11-34(18)33-23(20)35(32-22)19-10-3-5-12-37-19/h2,4,9,11,14-16,19H,3,5-8,10,12-13H2,1H3,(H,29,30,31)/t15-,16-,19?/m1/s1. The van der Waals surface area contributed by atoms with E-state index in [0.717, 1.165) is 44.7 Å². The lowest BCUT2D eigenvalue weighted by Gasteiger charge is -2.28. The van der Waals surface area contributed by atoms with Crippen molar-refractivity contribution in [2.45, 2.75) is 69.5 Å². The van der Waals surface area contributed by atoms with Crippen LogP contribution in [0.5, 0.6) is 0 Å². The molecule has 1 N–H and O–H groups in total. The van der Waals surface area contributed by atoms with Gasteiger partial charge >= 0.3 is 6.18 Å². The van der Waals surface area contributed by atoms with Gasteiger partial charge in [-0.3, -0.25) is 0 Å². The van der Waals surface area contributed by atoms with Crippen LogP contribution in [0.4, 0.5) is 19.1 Å². The van der Waals surface area contributed by atoms with Gasteiger partial charge in [0, 0.05) is 32.2 Å². The Morgan fingerprint density at radius 2 is 1.97 bits per heavy atom. The number of aromatic nitrogens is 6. The number of nitrogens with zero attached hydrogens (tertiary/aromatic N) is 6. The van der Waals surface area contributed by atoms with Gasteiger partial charge in [-0.05, 0) is 57.1 Å². The minimum Gasteiger partial charge on any atom is -0.381 e. The highest BCUT2D eigenvalue weighted by Gasteiger charge is 2.38. The lowest BCUT2D eigenvalue weighted by Crippen LogP contribution is -2.31. The Balaban J connectivity index is 1.50. The van der Waals surface area contributed by atoms with Crippen LogP contribution < -0.4 is 5.32 Å². The van der Waals surface area contributed by atoms with Crippen molar-refractivity contribution in [3.63, 3.8) is 0 Å². The van der Waals surface area contributed by atoms with E-state index in [1.54, 1.807) is 22.5 Å². The van der Waals surface area contributed by atoms with Crippen LogP contribution in [0.1, 0.15) is 56.7 Å². The van der Waals surface area contributed by atoms with E-state index in [1.807, 2.05) is 18.2 Å². The van der Waals surface area contributed by atoms with E-state index in [-0.39, 0.29) is 29.5 Å². The first-order valence-electron chi connectivity index (χ1n) is 12.6. The molecule has 0 radical (unpaired) electrons. The number of anilines is 1. The Kier molecular flexibility index (Phi) is 6.23. The van der Waals surface area contributed by atoms with E-state index in [2.05, 4.69) is 25.5 Å². The highest BCUT2D eigenvalue weighted by atomic mass is 19.4. The summed E-state index contributed by atoms with van der Waals surface area (Å²) in [6.45, 7) is 0.563. The minimum atomic E-state index is -4.67. The number of rotatable bonds is 5. The highest BCUT2D eigenvalue weighted by molar-refractivity contribution is 6.03. The summed E-state index contributed by atoms with van der Waals surface area (Å²) in [5, 5.41) is 13.0. The van der Waals surface area contributed by atoms with E-state index in [9.17, 15) is 13.2 Å². The third-order valence-electron chi connectivity index (χ3n) is 7.22. The summed E-state index contributed by atoms with van der Waals surface area (Å²) in [4.78, 5) is 8.45. The molecule has 3 atom stereocenters. The third-order valence-corrected chi connectivity index (χ3v) is 7.22. The average molecular weight is 516 g/mol. The molecule has 1 saturated heterocycles. The van der Waals surface area contributed by atoms with Gasteiger partial charge in [0.15, 0.2) is 11.9 Å². The predicted molar refractivity (Wildman–Crippen MR) is 130 cm³/mol. The molecule has 1 saturated carbocycles. The fourth-order valence-corrected chi connectivity index (χ4v) is 5.37. The number of alkyl halides is 3. The van der Waals surface area contributed by atoms with Crippen LogP contribution >= 0.6 is 0 Å². The van der Waals surface area contributed by atoms with Crippen molar-refractivity contribution < 1.29 is 22.6 Å². The summed E-state index contributed by atoms with van der Waals surface area (Å²) in [5.74, 6) is 0.137. The smallest absolute Gasteiger partial charge is 0.381 e. The second-order valence-corrected chi connectivity index (χ2v) is 9.66. The molecule has 196 valence electrons. The molecule has 5 heterocycles. The topological polar surface area (TPSA) is 91.4 Å². The molecule has 2 fully saturated rings. The molecule has 6 rings (SSSR count). The molecule has 4 aromatic rings. The van der Waals surface area contributed by atoms with Crippen LogP contribution in [0.3, 0.4) is 0 Å². The van der Waals surface area contributed by atoms with Gasteiger partial charge in [0.05, 0.1) is 17.0 Å². The average Bonchev–Trinajstić information content (AvgIpc) is 3.46. The molecule has 0 bridgehead atoms. The van der Waals surface area contributed by atoms with Crippen LogP contribution in [0.25, 0.3) is 27.9 Å². The number of pyridine rings is 1. The van der Waals surface area contributed by atoms with Gasteiger partial charge in [0.25, 0.3) is 0 Å². The maximum Gasteiger partial charge on any atom is 0.420 e. The lowest BCUT2D eigenvalue weighted by molar-refractivity contribution is -0.137. The van der Waals surface area contributed by atoms with Gasteiger partial charge in [0.1, 0.15) is 17.0 Å². The molecule has 1 aliphatic heterocycles. The van der Waals surface area contributed by atoms with E-state index < -0.39 is 18.0 Å². The highest BCUT2D eigenvalue weighted by Crippen LogP contribution is 2.40. The van der Waals surface area contributed by atoms with Crippen LogP contribution in [0.2, 0.25) is 0 Å². The minimum absolute atomic E-state index is 0.00785. The summed E-state index contributed by atoms with van der Waals surface area (Å²) in [7, 11) is 1.67. The first-order chi connectivity index (χ1) is 17.9. The summed E-state index contributed by atoms with van der Waals surface area (Å²) >= 11 is 0. The van der Waals surface area contributed by atoms with Crippen molar-refractivity contribution in [1.82, 2.24) is 29.4 Å². The Hall–Kier alpha value is -3.25. The SMILES string of the molecule is CO[C@@H]1CCC[C@@H](Nc2ncc(C(F)(F)F)c(-c3nn(C4CCCCO4)c4nn5ccccc5c34)n2)C1. The Morgan fingerprint density at radius 1 is 1.08 bits per heavy atom. The number of nitrogens with one attached hydrogen (secondary N) is 1. The maximum absolute atomic E-state index is 14.2. The second kappa shape index (κ2) is 9.56. The van der Waals surface area contributed by atoms with Gasteiger partial charge in [0.2, 0.25) is 5.95 Å². The quantitative estimate of drug-likeness (QED) is 0.389. The van der Waals surface area contributed by atoms with E-state index >= 15 is 0 Å². The largest absolute Gasteiger partial charge is 0.420 e. The Bertz CT molecular complexity index is 1410. The molecule has 9 nitrogen and oxygen atoms in total. The number of methoxy groups -OCH3 is 1. The van der Waals surface area contributed by atoms with Crippen molar-refractivity contribution in [3.8, 4) is 11.4 Å². The fourth-order valence-electron chi connectivity index (χ4n) is 5.37. The molecule has 0 aromatic carbocycles. The van der Waals surface area contributed by atoms with Crippen molar-refractivity contribution in [1.29, 1.82) is 0 Å². The van der Waals surface area contributed by atoms with Crippen molar-refractivity contribution in [2.24, 2.45) is 0 Å². The van der Waals surface area contributed by atoms with Crippen LogP contribution in [-0.4, -0.2) is 55.2 Å². The van der Waals surface area contributed by atoms with E-state index in [1.165, 1.54) is 0 Å². The maximum atomic E-state index is 14.2. The van der Waals surface area contributed by atoms with Gasteiger partial charge in [-0.2, -0.15) is 18.3 Å². The normalized spacial score (nSPS) is 23.1. The zero-order valence-corrected chi connectivity index (χ0v) is 20.4. The number of halogens is 3. The summed E-state index contributed by atoms with van der Waals surface area (Å²) in [6.07, 6.45) is 3.73. The van der Waals surface area contributed by atoms with Crippen LogP contribution in [-0.2, 0) is 15.7 Å². The number of fused-ring (bicyclic) bond motifs is 3. The Morgan fingerprint density at radius 3 is 2.76 bits per heavy atom. The molecular weight excluding hydrogens is 487 g/mol. The number of hydrogen-bond acceptors (Lipinski definition) is 7. The Labute approximate surface area is 211 Å². The summed E-state index contributed by atoms with van der Waals surface area (Å²) in [6, 6.07) is 5.46. The molecule has 0 amide bonds. The second-order valence-electron chi connectivity index (χ2n) is 9.66. The van der Waals surface area contributed by atoms with Crippen molar-refractivity contribution >= 4 is 22.5 Å². The molecular formula is C25H28F3N7O2. The number of hydrogen-bond donors (Lipinski definition) is 1. The molecule has 2 aliphatic rings. The van der Waals surface area contributed by atoms with Crippen LogP contribution in [0.15, 0.2) is 30.6 Å². The first-order valence-corrected chi connectivity index (χ1v) is 12.6. The van der Waals surface area contributed by atoms with Crippen LogP contribution in [0, 0.1) is 0 Å². The van der Waals surface area contributed by atoms with E-state index in [4.69, 9.17) is 9.47 Å². The predicted octanol–water partition coefficient (Wildman–Crippen LogP) is 5.23. The fraction of sp³-hybridized carbons (Fsp3) is 0.520. The molecule has 1 unspecified atom stereocenters. The molecule has 1 aliphatic carbocycles. The summed E-state index contributed by atoms with van der Waals surface area (Å²) in [5.41, 5.74) is 0.00224. The van der Waals surface area contributed by atoms with Crippen molar-refractivity contribution in [2.75, 3.05) is 19.0 Å². The number of ether oxygens (including phenoxy) is 2. The van der Waals surface area contributed by atoms with E-state index in [0.29, 0.717) is 29.6 Å². The zero-order valence-electron chi connectivity index (χ0n) is 20.4. The summed E-state index contributed by atoms with van der Waals surface area (Å²) < 4.78 is 57.4. The third kappa shape index (κ3) is 4.52. The molecule has 4 aromatic heterocycles. The molecule has 0 spiro atoms. The van der Waals surface area contributed by atoms with Gasteiger partial charge in [-0.15, -0.1) is 5.10 Å². The molecule has 37 heavy (non-hydrogen) atoms. The zero-order chi connectivity index (χ0) is 25.6.